The minimum absolute atomic E-state index is 0.204. The Kier molecular flexibility index (Phi) is 6.91. The second kappa shape index (κ2) is 10.5. The monoisotopic (exact) mass is 513 g/mol. The molecule has 2 aromatic carbocycles. The Hall–Kier alpha value is -4.53. The molecule has 0 saturated carbocycles. The smallest absolute Gasteiger partial charge is 0.415 e. The lowest BCUT2D eigenvalue weighted by atomic mass is 9.97. The molecule has 1 aromatic heterocycles. The number of amides is 1. The molecule has 1 amide bonds. The molecule has 38 heavy (non-hydrogen) atoms. The van der Waals surface area contributed by atoms with Crippen LogP contribution in [0.5, 0.6) is 11.5 Å². The van der Waals surface area contributed by atoms with E-state index in [0.717, 1.165) is 53.5 Å². The lowest BCUT2D eigenvalue weighted by Crippen LogP contribution is -2.56. The number of nitrogens with zero attached hydrogens (tertiary/aromatic N) is 5. The molecule has 3 heterocycles. The largest absolute Gasteiger partial charge is 0.495 e. The fraction of sp³-hybridized carbons (Fsp3) is 0.276. The van der Waals surface area contributed by atoms with Gasteiger partial charge >= 0.3 is 6.09 Å². The third-order valence-corrected chi connectivity index (χ3v) is 6.70. The third kappa shape index (κ3) is 4.87. The van der Waals surface area contributed by atoms with Crippen molar-refractivity contribution in [3.8, 4) is 17.2 Å². The number of fused-ring (bicyclic) bond motifs is 1. The summed E-state index contributed by atoms with van der Waals surface area (Å²) in [5, 5.41) is 4.45. The molecule has 0 N–H and O–H groups in total. The number of aromatic nitrogens is 2. The van der Waals surface area contributed by atoms with Gasteiger partial charge in [-0.05, 0) is 67.3 Å². The maximum atomic E-state index is 12.7. The van der Waals surface area contributed by atoms with Gasteiger partial charge in [0, 0.05) is 19.8 Å². The van der Waals surface area contributed by atoms with Crippen molar-refractivity contribution in [3.63, 3.8) is 0 Å². The number of carbonyl (C=O) groups excluding carboxylic acids is 1. The summed E-state index contributed by atoms with van der Waals surface area (Å²) in [7, 11) is 3.34. The zero-order chi connectivity index (χ0) is 26.7. The van der Waals surface area contributed by atoms with Crippen LogP contribution in [0.25, 0.3) is 11.8 Å². The predicted octanol–water partition coefficient (Wildman–Crippen LogP) is 5.03. The van der Waals surface area contributed by atoms with Gasteiger partial charge in [0.25, 0.3) is 0 Å². The fourth-order valence-electron chi connectivity index (χ4n) is 4.75. The van der Waals surface area contributed by atoms with Crippen LogP contribution in [-0.2, 0) is 4.84 Å². The topological polar surface area (TPSA) is 81.4 Å². The lowest BCUT2D eigenvalue weighted by Gasteiger charge is -2.39. The van der Waals surface area contributed by atoms with Crippen LogP contribution in [0, 0.1) is 6.92 Å². The van der Waals surface area contributed by atoms with E-state index >= 15 is 0 Å². The van der Waals surface area contributed by atoms with Crippen LogP contribution in [0.15, 0.2) is 84.4 Å². The summed E-state index contributed by atoms with van der Waals surface area (Å²) in [6, 6.07) is 15.0. The number of para-hydroxylation sites is 1. The zero-order valence-electron chi connectivity index (χ0n) is 21.8. The average Bonchev–Trinajstić information content (AvgIpc) is 3.53. The minimum Gasteiger partial charge on any atom is -0.495 e. The highest BCUT2D eigenvalue weighted by molar-refractivity contribution is 6.03. The van der Waals surface area contributed by atoms with E-state index < -0.39 is 11.8 Å². The molecule has 0 radical (unpaired) electrons. The van der Waals surface area contributed by atoms with E-state index in [0.29, 0.717) is 5.75 Å². The van der Waals surface area contributed by atoms with Gasteiger partial charge in [-0.15, -0.1) is 0 Å². The molecule has 9 nitrogen and oxygen atoms in total. The van der Waals surface area contributed by atoms with Gasteiger partial charge in [0.05, 0.1) is 31.4 Å². The number of hydrogen-bond acceptors (Lipinski definition) is 7. The molecule has 9 heteroatoms. The van der Waals surface area contributed by atoms with Crippen molar-refractivity contribution in [2.45, 2.75) is 25.5 Å². The lowest BCUT2D eigenvalue weighted by molar-refractivity contribution is -0.0725. The number of carbonyl (C=O) groups is 1. The van der Waals surface area contributed by atoms with Gasteiger partial charge in [-0.2, -0.15) is 0 Å². The van der Waals surface area contributed by atoms with E-state index in [1.54, 1.807) is 38.7 Å². The van der Waals surface area contributed by atoms with Gasteiger partial charge in [-0.25, -0.2) is 9.78 Å². The van der Waals surface area contributed by atoms with Crippen molar-refractivity contribution >= 4 is 18.0 Å². The third-order valence-electron chi connectivity index (χ3n) is 6.70. The van der Waals surface area contributed by atoms with Gasteiger partial charge in [0.15, 0.2) is 5.84 Å². The summed E-state index contributed by atoms with van der Waals surface area (Å²) in [5.41, 5.74) is 2.90. The number of methoxy groups -OCH3 is 1. The molecular formula is C29H31N5O4. The molecule has 0 spiro atoms. The van der Waals surface area contributed by atoms with Crippen LogP contribution in [0.1, 0.15) is 24.1 Å². The number of imidazole rings is 1. The van der Waals surface area contributed by atoms with E-state index in [4.69, 9.17) is 14.3 Å². The predicted molar refractivity (Wildman–Crippen MR) is 145 cm³/mol. The molecule has 196 valence electrons. The molecule has 2 aliphatic rings. The van der Waals surface area contributed by atoms with Crippen LogP contribution in [0.4, 0.5) is 4.79 Å². The van der Waals surface area contributed by atoms with Gasteiger partial charge in [0.1, 0.15) is 11.5 Å². The fourth-order valence-corrected chi connectivity index (χ4v) is 4.75. The minimum atomic E-state index is -0.986. The summed E-state index contributed by atoms with van der Waals surface area (Å²) >= 11 is 0. The van der Waals surface area contributed by atoms with Crippen LogP contribution in [-0.4, -0.2) is 64.3 Å². The first kappa shape index (κ1) is 25.1. The Morgan fingerprint density at radius 1 is 1.26 bits per heavy atom. The van der Waals surface area contributed by atoms with E-state index in [-0.39, 0.29) is 6.54 Å². The van der Waals surface area contributed by atoms with Crippen molar-refractivity contribution in [1.29, 1.82) is 0 Å². The quantitative estimate of drug-likeness (QED) is 0.413. The molecule has 1 atom stereocenters. The van der Waals surface area contributed by atoms with E-state index in [1.165, 1.54) is 4.90 Å². The van der Waals surface area contributed by atoms with Crippen molar-refractivity contribution in [2.75, 3.05) is 27.2 Å². The first-order valence-electron chi connectivity index (χ1n) is 12.5. The van der Waals surface area contributed by atoms with Gasteiger partial charge in [0.2, 0.25) is 5.72 Å². The van der Waals surface area contributed by atoms with Crippen LogP contribution >= 0.6 is 0 Å². The number of likely N-dealkylation sites (N-methyl/N-ethyl adjacent to an activating group) is 1. The average molecular weight is 514 g/mol. The van der Waals surface area contributed by atoms with Gasteiger partial charge in [-0.3, -0.25) is 0 Å². The van der Waals surface area contributed by atoms with Crippen molar-refractivity contribution in [1.82, 2.24) is 19.4 Å². The van der Waals surface area contributed by atoms with Gasteiger partial charge < -0.3 is 28.7 Å². The highest BCUT2D eigenvalue weighted by atomic mass is 16.7. The molecule has 2 aliphatic heterocycles. The number of amidine groups is 1. The highest BCUT2D eigenvalue weighted by Gasteiger charge is 2.47. The number of hydrogen-bond donors (Lipinski definition) is 0. The Labute approximate surface area is 222 Å². The number of oxime groups is 1. The number of rotatable bonds is 7. The number of benzene rings is 2. The van der Waals surface area contributed by atoms with Gasteiger partial charge in [-0.1, -0.05) is 36.0 Å². The maximum Gasteiger partial charge on any atom is 0.415 e. The summed E-state index contributed by atoms with van der Waals surface area (Å²) in [4.78, 5) is 26.6. The Bertz CT molecular complexity index is 1400. The number of ether oxygens (including phenoxy) is 2. The van der Waals surface area contributed by atoms with E-state index in [2.05, 4.69) is 27.7 Å². The Balaban J connectivity index is 1.35. The van der Waals surface area contributed by atoms with Crippen molar-refractivity contribution in [2.24, 2.45) is 5.16 Å². The first-order chi connectivity index (χ1) is 18.4. The summed E-state index contributed by atoms with van der Waals surface area (Å²) in [6.45, 7) is 6.90. The summed E-state index contributed by atoms with van der Waals surface area (Å²) in [6.07, 6.45) is 8.81. The molecule has 5 rings (SSSR count). The number of aryl methyl sites for hydroxylation is 1. The Morgan fingerprint density at radius 3 is 2.79 bits per heavy atom. The maximum absolute atomic E-state index is 12.7. The SMILES string of the molecule is C=CC1(CN(C)C(=O)Oc2ccccc2)ON=C2C(=Cc3ccc(-n4cnc(C)c4)c(OC)c3)CCCN21. The zero-order valence-corrected chi connectivity index (χ0v) is 21.8. The molecule has 0 bridgehead atoms. The standard InChI is InChI=1S/C29H31N5O4/c1-5-29(19-32(3)28(35)37-24-11-7-6-8-12-24)34-15-9-10-23(27(34)31-38-29)16-22-13-14-25(26(17-22)36-4)33-18-21(2)30-20-33/h5-8,11-14,16-18,20H,1,9-10,15,19H2,2-4H3. The molecule has 0 aliphatic carbocycles. The van der Waals surface area contributed by atoms with Crippen LogP contribution < -0.4 is 9.47 Å². The highest BCUT2D eigenvalue weighted by Crippen LogP contribution is 2.36. The summed E-state index contributed by atoms with van der Waals surface area (Å²) in [5.74, 6) is 1.97. The second-order valence-corrected chi connectivity index (χ2v) is 9.37. The molecule has 1 saturated heterocycles. The van der Waals surface area contributed by atoms with Crippen molar-refractivity contribution < 1.29 is 19.1 Å². The summed E-state index contributed by atoms with van der Waals surface area (Å²) < 4.78 is 13.1. The molecule has 3 aromatic rings. The van der Waals surface area contributed by atoms with Crippen LogP contribution in [0.2, 0.25) is 0 Å². The Morgan fingerprint density at radius 2 is 2.08 bits per heavy atom. The molecule has 1 fully saturated rings. The number of piperidine rings is 1. The molecular weight excluding hydrogens is 482 g/mol. The van der Waals surface area contributed by atoms with E-state index in [1.807, 2.05) is 54.1 Å². The van der Waals surface area contributed by atoms with E-state index in [9.17, 15) is 4.79 Å². The molecule has 1 unspecified atom stereocenters. The first-order valence-corrected chi connectivity index (χ1v) is 12.5. The second-order valence-electron chi connectivity index (χ2n) is 9.37. The normalized spacial score (nSPS) is 19.4. The van der Waals surface area contributed by atoms with Crippen LogP contribution in [0.3, 0.4) is 0 Å². The van der Waals surface area contributed by atoms with Crippen molar-refractivity contribution in [3.05, 3.63) is 90.5 Å².